The molecule has 1 unspecified atom stereocenters. The van der Waals surface area contributed by atoms with E-state index >= 15 is 0 Å². The molecule has 1 aliphatic carbocycles. The first-order valence-corrected chi connectivity index (χ1v) is 13.3. The van der Waals surface area contributed by atoms with Crippen molar-refractivity contribution in [2.24, 2.45) is 0 Å². The SMILES string of the molecule is CCOC(=O)N1CCN(C(=O)C(CCC(=O)O)NC(=O)c2cc(OC3(C(=O)O)CCC3)c3cc(O)ccc3n2)CC1. The van der Waals surface area contributed by atoms with Gasteiger partial charge in [0.25, 0.3) is 5.91 Å². The van der Waals surface area contributed by atoms with Gasteiger partial charge in [-0.15, -0.1) is 0 Å². The van der Waals surface area contributed by atoms with E-state index in [-0.39, 0.29) is 81.2 Å². The van der Waals surface area contributed by atoms with Crippen LogP contribution in [0.1, 0.15) is 49.5 Å². The van der Waals surface area contributed by atoms with Gasteiger partial charge in [-0.25, -0.2) is 14.6 Å². The summed E-state index contributed by atoms with van der Waals surface area (Å²) in [4.78, 5) is 69.1. The lowest BCUT2D eigenvalue weighted by Crippen LogP contribution is -2.56. The van der Waals surface area contributed by atoms with Crippen LogP contribution in [0.15, 0.2) is 24.3 Å². The molecule has 220 valence electrons. The average Bonchev–Trinajstić information content (AvgIpc) is 2.92. The third kappa shape index (κ3) is 6.58. The number of carbonyl (C=O) groups is 5. The van der Waals surface area contributed by atoms with Gasteiger partial charge in [0.2, 0.25) is 11.5 Å². The number of phenols is 1. The molecule has 2 aliphatic rings. The largest absolute Gasteiger partial charge is 0.508 e. The molecule has 4 rings (SSSR count). The van der Waals surface area contributed by atoms with E-state index in [0.29, 0.717) is 11.8 Å². The number of ether oxygens (including phenoxy) is 2. The van der Waals surface area contributed by atoms with Crippen LogP contribution in [0.5, 0.6) is 11.5 Å². The van der Waals surface area contributed by atoms with Crippen molar-refractivity contribution in [3.05, 3.63) is 30.0 Å². The highest BCUT2D eigenvalue weighted by Gasteiger charge is 2.47. The molecule has 2 heterocycles. The Bertz CT molecular complexity index is 1350. The summed E-state index contributed by atoms with van der Waals surface area (Å²) in [5, 5.41) is 31.8. The fourth-order valence-corrected chi connectivity index (χ4v) is 4.75. The Morgan fingerprint density at radius 2 is 1.73 bits per heavy atom. The van der Waals surface area contributed by atoms with E-state index in [2.05, 4.69) is 10.3 Å². The van der Waals surface area contributed by atoms with Gasteiger partial charge in [-0.05, 0) is 50.8 Å². The maximum Gasteiger partial charge on any atom is 0.409 e. The molecule has 41 heavy (non-hydrogen) atoms. The normalized spacial score (nSPS) is 16.8. The number of phenolic OH excluding ortho intramolecular Hbond substituents is 1. The van der Waals surface area contributed by atoms with Crippen LogP contribution in [0.25, 0.3) is 10.9 Å². The van der Waals surface area contributed by atoms with Gasteiger partial charge < -0.3 is 39.9 Å². The molecule has 1 aliphatic heterocycles. The minimum atomic E-state index is -1.47. The van der Waals surface area contributed by atoms with Gasteiger partial charge in [0.05, 0.1) is 12.1 Å². The molecular weight excluding hydrogens is 540 g/mol. The molecule has 1 atom stereocenters. The number of pyridine rings is 1. The number of carbonyl (C=O) groups excluding carboxylic acids is 3. The van der Waals surface area contributed by atoms with E-state index in [9.17, 15) is 39.3 Å². The molecule has 3 amide bonds. The fraction of sp³-hybridized carbons (Fsp3) is 0.481. The van der Waals surface area contributed by atoms with Crippen LogP contribution in [0.2, 0.25) is 0 Å². The Balaban J connectivity index is 1.56. The van der Waals surface area contributed by atoms with Crippen molar-refractivity contribution in [3.63, 3.8) is 0 Å². The molecule has 1 aromatic heterocycles. The highest BCUT2D eigenvalue weighted by atomic mass is 16.6. The number of carboxylic acids is 2. The number of hydrogen-bond donors (Lipinski definition) is 4. The highest BCUT2D eigenvalue weighted by Crippen LogP contribution is 2.40. The zero-order valence-corrected chi connectivity index (χ0v) is 22.5. The summed E-state index contributed by atoms with van der Waals surface area (Å²) in [7, 11) is 0. The number of aromatic hydroxyl groups is 1. The minimum absolute atomic E-state index is 0.0293. The lowest BCUT2D eigenvalue weighted by Gasteiger charge is -2.38. The fourth-order valence-electron chi connectivity index (χ4n) is 4.75. The van der Waals surface area contributed by atoms with Crippen molar-refractivity contribution in [1.82, 2.24) is 20.1 Å². The van der Waals surface area contributed by atoms with Gasteiger partial charge in [-0.1, -0.05) is 0 Å². The number of nitrogens with one attached hydrogen (secondary N) is 1. The van der Waals surface area contributed by atoms with Gasteiger partial charge in [-0.2, -0.15) is 0 Å². The lowest BCUT2D eigenvalue weighted by atomic mass is 9.80. The van der Waals surface area contributed by atoms with Gasteiger partial charge in [0, 0.05) is 44.1 Å². The van der Waals surface area contributed by atoms with Crippen molar-refractivity contribution in [2.75, 3.05) is 32.8 Å². The Hall–Kier alpha value is -4.62. The molecule has 2 aromatic rings. The standard InChI is InChI=1S/C27H32N4O10/c1-2-40-26(39)31-12-10-30(11-13-31)24(36)19(6-7-22(33)34)29-23(35)20-15-21(41-27(25(37)38)8-3-9-27)17-14-16(32)4-5-18(17)28-20/h4-5,14-15,19,32H,2-3,6-13H2,1H3,(H,29,35)(H,33,34)(H,37,38). The van der Waals surface area contributed by atoms with E-state index in [1.165, 1.54) is 34.1 Å². The first-order chi connectivity index (χ1) is 19.5. The lowest BCUT2D eigenvalue weighted by molar-refractivity contribution is -0.163. The Labute approximate surface area is 234 Å². The van der Waals surface area contributed by atoms with Crippen LogP contribution in [0.4, 0.5) is 4.79 Å². The smallest absolute Gasteiger partial charge is 0.409 e. The third-order valence-corrected chi connectivity index (χ3v) is 7.21. The maximum atomic E-state index is 13.4. The van der Waals surface area contributed by atoms with E-state index in [0.717, 1.165) is 0 Å². The molecule has 14 heteroatoms. The van der Waals surface area contributed by atoms with Gasteiger partial charge in [0.15, 0.2) is 0 Å². The minimum Gasteiger partial charge on any atom is -0.508 e. The number of aliphatic carboxylic acids is 2. The number of carboxylic acid groups (broad SMARTS) is 2. The van der Waals surface area contributed by atoms with Gasteiger partial charge >= 0.3 is 18.0 Å². The molecular formula is C27H32N4O10. The number of benzene rings is 1. The maximum absolute atomic E-state index is 13.4. The van der Waals surface area contributed by atoms with E-state index in [4.69, 9.17) is 9.47 Å². The highest BCUT2D eigenvalue weighted by molar-refractivity contribution is 6.00. The Morgan fingerprint density at radius 1 is 1.05 bits per heavy atom. The molecule has 0 radical (unpaired) electrons. The number of nitrogens with zero attached hydrogens (tertiary/aromatic N) is 3. The van der Waals surface area contributed by atoms with Crippen LogP contribution < -0.4 is 10.1 Å². The van der Waals surface area contributed by atoms with Crippen LogP contribution in [0.3, 0.4) is 0 Å². The second-order valence-corrected chi connectivity index (χ2v) is 9.93. The number of hydrogen-bond acceptors (Lipinski definition) is 9. The monoisotopic (exact) mass is 572 g/mol. The van der Waals surface area contributed by atoms with E-state index < -0.39 is 41.5 Å². The molecule has 14 nitrogen and oxygen atoms in total. The summed E-state index contributed by atoms with van der Waals surface area (Å²) in [6.45, 7) is 2.68. The summed E-state index contributed by atoms with van der Waals surface area (Å²) in [5.41, 5.74) is -1.41. The number of rotatable bonds is 10. The zero-order valence-electron chi connectivity index (χ0n) is 22.5. The van der Waals surface area contributed by atoms with E-state index in [1.807, 2.05) is 0 Å². The predicted molar refractivity (Wildman–Crippen MR) is 142 cm³/mol. The summed E-state index contributed by atoms with van der Waals surface area (Å²) >= 11 is 0. The molecule has 0 bridgehead atoms. The van der Waals surface area contributed by atoms with Crippen LogP contribution in [-0.4, -0.2) is 104 Å². The molecule has 1 aromatic carbocycles. The van der Waals surface area contributed by atoms with Crippen molar-refractivity contribution < 1.29 is 48.8 Å². The quantitative estimate of drug-likeness (QED) is 0.323. The van der Waals surface area contributed by atoms with E-state index in [1.54, 1.807) is 6.92 Å². The number of fused-ring (bicyclic) bond motifs is 1. The summed E-state index contributed by atoms with van der Waals surface area (Å²) in [6, 6.07) is 4.19. The van der Waals surface area contributed by atoms with Crippen molar-refractivity contribution in [1.29, 1.82) is 0 Å². The Kier molecular flexibility index (Phi) is 8.79. The molecule has 2 fully saturated rings. The average molecular weight is 573 g/mol. The molecule has 0 spiro atoms. The summed E-state index contributed by atoms with van der Waals surface area (Å²) in [6.07, 6.45) is 0.110. The van der Waals surface area contributed by atoms with Crippen LogP contribution in [0, 0.1) is 0 Å². The predicted octanol–water partition coefficient (Wildman–Crippen LogP) is 1.59. The Morgan fingerprint density at radius 3 is 2.32 bits per heavy atom. The third-order valence-electron chi connectivity index (χ3n) is 7.21. The topological polar surface area (TPSA) is 196 Å². The zero-order chi connectivity index (χ0) is 29.7. The second kappa shape index (κ2) is 12.3. The first kappa shape index (κ1) is 29.4. The molecule has 1 saturated carbocycles. The van der Waals surface area contributed by atoms with Gasteiger partial charge in [-0.3, -0.25) is 14.4 Å². The van der Waals surface area contributed by atoms with Crippen molar-refractivity contribution >= 4 is 40.7 Å². The van der Waals surface area contributed by atoms with Gasteiger partial charge in [0.1, 0.15) is 23.2 Å². The summed E-state index contributed by atoms with van der Waals surface area (Å²) in [5.74, 6) is -3.69. The van der Waals surface area contributed by atoms with Crippen molar-refractivity contribution in [3.8, 4) is 11.5 Å². The molecule has 1 saturated heterocycles. The number of amides is 3. The summed E-state index contributed by atoms with van der Waals surface area (Å²) < 4.78 is 10.9. The molecule has 4 N–H and O–H groups in total. The first-order valence-electron chi connectivity index (χ1n) is 13.3. The van der Waals surface area contributed by atoms with Crippen LogP contribution >= 0.6 is 0 Å². The second-order valence-electron chi connectivity index (χ2n) is 9.93. The van der Waals surface area contributed by atoms with Crippen molar-refractivity contribution in [2.45, 2.75) is 50.7 Å². The number of piperazine rings is 1. The number of aromatic nitrogens is 1. The van der Waals surface area contributed by atoms with Crippen LogP contribution in [-0.2, 0) is 19.1 Å².